The van der Waals surface area contributed by atoms with Crippen molar-refractivity contribution in [3.63, 3.8) is 0 Å². The molecule has 0 bridgehead atoms. The van der Waals surface area contributed by atoms with E-state index < -0.39 is 0 Å². The van der Waals surface area contributed by atoms with Crippen LogP contribution in [0.4, 0.5) is 0 Å². The van der Waals surface area contributed by atoms with Crippen LogP contribution in [0.1, 0.15) is 88.5 Å². The average Bonchev–Trinajstić information content (AvgIpc) is 2.84. The number of hydrogen-bond donors (Lipinski definition) is 2. The normalized spacial score (nSPS) is 26.6. The molecule has 0 saturated carbocycles. The van der Waals surface area contributed by atoms with Crippen LogP contribution >= 0.6 is 0 Å². The van der Waals surface area contributed by atoms with E-state index in [1.807, 2.05) is 6.08 Å². The lowest BCUT2D eigenvalue weighted by atomic mass is 9.67. The largest absolute Gasteiger partial charge is 0.393 e. The molecular formula is C40H56O2. The maximum absolute atomic E-state index is 10.1. The van der Waals surface area contributed by atoms with Crippen molar-refractivity contribution in [1.29, 1.82) is 0 Å². The second-order valence-electron chi connectivity index (χ2n) is 13.7. The molecule has 0 radical (unpaired) electrons. The summed E-state index contributed by atoms with van der Waals surface area (Å²) in [5, 5.41) is 20.2. The van der Waals surface area contributed by atoms with Crippen molar-refractivity contribution in [2.75, 3.05) is 0 Å². The highest BCUT2D eigenvalue weighted by atomic mass is 16.3. The van der Waals surface area contributed by atoms with Crippen molar-refractivity contribution in [1.82, 2.24) is 0 Å². The summed E-state index contributed by atoms with van der Waals surface area (Å²) in [6.07, 6.45) is 33.8. The zero-order valence-corrected chi connectivity index (χ0v) is 27.9. The van der Waals surface area contributed by atoms with E-state index in [-0.39, 0.29) is 23.0 Å². The first-order valence-electron chi connectivity index (χ1n) is 15.4. The summed E-state index contributed by atoms with van der Waals surface area (Å²) in [5.74, 6) is 0.348. The van der Waals surface area contributed by atoms with Crippen molar-refractivity contribution >= 4 is 0 Å². The highest BCUT2D eigenvalue weighted by molar-refractivity contribution is 5.38. The smallest absolute Gasteiger partial charge is 0.0729 e. The van der Waals surface area contributed by atoms with Crippen molar-refractivity contribution in [3.8, 4) is 0 Å². The fraction of sp³-hybridized carbons (Fsp3) is 0.450. The first-order valence-corrected chi connectivity index (χ1v) is 15.4. The highest BCUT2D eigenvalue weighted by Gasteiger charge is 2.34. The number of allylic oxidation sites excluding steroid dienone is 20. The lowest BCUT2D eigenvalue weighted by Crippen LogP contribution is -2.32. The molecule has 0 aromatic rings. The van der Waals surface area contributed by atoms with Gasteiger partial charge in [0, 0.05) is 5.92 Å². The second-order valence-corrected chi connectivity index (χ2v) is 13.7. The molecule has 2 rings (SSSR count). The molecule has 0 amide bonds. The maximum atomic E-state index is 10.1. The van der Waals surface area contributed by atoms with E-state index in [1.165, 1.54) is 39.0 Å². The van der Waals surface area contributed by atoms with Crippen molar-refractivity contribution in [3.05, 3.63) is 130 Å². The quantitative estimate of drug-likeness (QED) is 0.203. The zero-order valence-electron chi connectivity index (χ0n) is 27.9. The Bertz CT molecular complexity index is 1270. The van der Waals surface area contributed by atoms with Crippen LogP contribution in [-0.4, -0.2) is 22.4 Å². The van der Waals surface area contributed by atoms with E-state index in [9.17, 15) is 10.2 Å². The Morgan fingerprint density at radius 3 is 1.74 bits per heavy atom. The van der Waals surface area contributed by atoms with Crippen LogP contribution in [0.3, 0.4) is 0 Å². The SMILES string of the molecule is CC1=C[C@H](O)CC(C)(C)[C@H]1/C=C/C(C)=C/C=C/C(C)=C/C=C\C=C(C)/C=C/C=C(C)/C=C/C1=C(C)C[C@H](O)CC1(C)C. The van der Waals surface area contributed by atoms with E-state index in [1.54, 1.807) is 0 Å². The lowest BCUT2D eigenvalue weighted by molar-refractivity contribution is 0.116. The van der Waals surface area contributed by atoms with Crippen molar-refractivity contribution in [2.45, 2.75) is 101 Å². The Morgan fingerprint density at radius 1 is 0.714 bits per heavy atom. The molecule has 228 valence electrons. The minimum atomic E-state index is -0.331. The van der Waals surface area contributed by atoms with E-state index >= 15 is 0 Å². The summed E-state index contributed by atoms with van der Waals surface area (Å²) < 4.78 is 0. The minimum absolute atomic E-state index is 0.00528. The summed E-state index contributed by atoms with van der Waals surface area (Å²) in [6.45, 7) is 21.6. The summed E-state index contributed by atoms with van der Waals surface area (Å²) in [4.78, 5) is 0. The Balaban J connectivity index is 1.90. The zero-order chi connectivity index (χ0) is 31.5. The van der Waals surface area contributed by atoms with E-state index in [0.29, 0.717) is 5.92 Å². The molecule has 3 atom stereocenters. The number of hydrogen-bond acceptors (Lipinski definition) is 2. The predicted molar refractivity (Wildman–Crippen MR) is 184 cm³/mol. The molecule has 2 aliphatic rings. The van der Waals surface area contributed by atoms with Crippen LogP contribution in [0.2, 0.25) is 0 Å². The van der Waals surface area contributed by atoms with E-state index in [4.69, 9.17) is 0 Å². The summed E-state index contributed by atoms with van der Waals surface area (Å²) in [5.41, 5.74) is 8.73. The van der Waals surface area contributed by atoms with Gasteiger partial charge >= 0.3 is 0 Å². The lowest BCUT2D eigenvalue weighted by Gasteiger charge is -2.38. The molecule has 2 nitrogen and oxygen atoms in total. The van der Waals surface area contributed by atoms with Gasteiger partial charge in [0.1, 0.15) is 0 Å². The van der Waals surface area contributed by atoms with E-state index in [0.717, 1.165) is 19.3 Å². The molecule has 2 heteroatoms. The predicted octanol–water partition coefficient (Wildman–Crippen LogP) is 10.4. The Hall–Kier alpha value is -2.94. The van der Waals surface area contributed by atoms with Crippen LogP contribution in [0, 0.1) is 16.7 Å². The molecule has 0 unspecified atom stereocenters. The van der Waals surface area contributed by atoms with Crippen molar-refractivity contribution in [2.24, 2.45) is 16.7 Å². The molecule has 2 N–H and O–H groups in total. The Morgan fingerprint density at radius 2 is 1.21 bits per heavy atom. The molecule has 0 spiro atoms. The van der Waals surface area contributed by atoms with E-state index in [2.05, 4.69) is 154 Å². The highest BCUT2D eigenvalue weighted by Crippen LogP contribution is 2.42. The monoisotopic (exact) mass is 568 g/mol. The fourth-order valence-electron chi connectivity index (χ4n) is 6.14. The summed E-state index contributed by atoms with van der Waals surface area (Å²) in [6, 6.07) is 0. The van der Waals surface area contributed by atoms with Gasteiger partial charge in [-0.25, -0.2) is 0 Å². The van der Waals surface area contributed by atoms with Gasteiger partial charge in [-0.2, -0.15) is 0 Å². The Labute approximate surface area is 257 Å². The standard InChI is InChI=1S/C40H56O2/c1-29(17-13-19-31(3)21-23-37-33(5)25-35(41)27-39(37,7)8)15-11-12-16-30(2)18-14-20-32(4)22-24-38-34(6)26-36(42)28-40(38,9)10/h11-25,35-37,41-42H,26-28H2,1-10H3/b12-11-,17-13+,18-14+,23-21+,24-22+,29-15+,30-16-,31-19+,32-20+/t35-,36-,37-/m0/s1. The van der Waals surface area contributed by atoms with Gasteiger partial charge in [-0.15, -0.1) is 0 Å². The fourth-order valence-corrected chi connectivity index (χ4v) is 6.14. The van der Waals surface area contributed by atoms with Crippen LogP contribution in [0.5, 0.6) is 0 Å². The van der Waals surface area contributed by atoms with Crippen LogP contribution in [0.25, 0.3) is 0 Å². The van der Waals surface area contributed by atoms with Crippen LogP contribution < -0.4 is 0 Å². The molecule has 42 heavy (non-hydrogen) atoms. The van der Waals surface area contributed by atoms with Gasteiger partial charge in [0.15, 0.2) is 0 Å². The van der Waals surface area contributed by atoms with Gasteiger partial charge in [-0.3, -0.25) is 0 Å². The molecule has 0 aromatic carbocycles. The van der Waals surface area contributed by atoms with Gasteiger partial charge in [0.05, 0.1) is 12.2 Å². The molecule has 0 heterocycles. The Kier molecular flexibility index (Phi) is 13.5. The van der Waals surface area contributed by atoms with Gasteiger partial charge in [-0.05, 0) is 77.2 Å². The third-order valence-corrected chi connectivity index (χ3v) is 8.33. The molecule has 2 aliphatic carbocycles. The first-order chi connectivity index (χ1) is 19.6. The third-order valence-electron chi connectivity index (χ3n) is 8.33. The van der Waals surface area contributed by atoms with Gasteiger partial charge in [0.25, 0.3) is 0 Å². The molecule has 0 aliphatic heterocycles. The van der Waals surface area contributed by atoms with Crippen molar-refractivity contribution < 1.29 is 10.2 Å². The first kappa shape index (κ1) is 35.3. The molecule has 0 saturated heterocycles. The minimum Gasteiger partial charge on any atom is -0.393 e. The van der Waals surface area contributed by atoms with Gasteiger partial charge < -0.3 is 10.2 Å². The maximum Gasteiger partial charge on any atom is 0.0729 e. The average molecular weight is 569 g/mol. The number of rotatable bonds is 10. The molecule has 0 fully saturated rings. The molecule has 0 aromatic heterocycles. The van der Waals surface area contributed by atoms with Gasteiger partial charge in [0.2, 0.25) is 0 Å². The van der Waals surface area contributed by atoms with Crippen LogP contribution in [0.15, 0.2) is 130 Å². The topological polar surface area (TPSA) is 40.5 Å². The number of aliphatic hydroxyl groups excluding tert-OH is 2. The summed E-state index contributed by atoms with van der Waals surface area (Å²) in [7, 11) is 0. The molecular weight excluding hydrogens is 512 g/mol. The second kappa shape index (κ2) is 16.1. The van der Waals surface area contributed by atoms with Gasteiger partial charge in [-0.1, -0.05) is 152 Å². The third kappa shape index (κ3) is 11.7. The summed E-state index contributed by atoms with van der Waals surface area (Å²) >= 11 is 0. The number of aliphatic hydroxyl groups is 2. The van der Waals surface area contributed by atoms with Crippen LogP contribution in [-0.2, 0) is 0 Å².